The number of rotatable bonds is 6. The van der Waals surface area contributed by atoms with Crippen LogP contribution in [0.3, 0.4) is 0 Å². The van der Waals surface area contributed by atoms with Crippen molar-refractivity contribution in [2.45, 2.75) is 39.0 Å². The van der Waals surface area contributed by atoms with Crippen LogP contribution in [0.25, 0.3) is 0 Å². The maximum absolute atomic E-state index is 12.2. The van der Waals surface area contributed by atoms with Crippen molar-refractivity contribution in [3.8, 4) is 0 Å². The molecule has 1 amide bonds. The average Bonchev–Trinajstić information content (AvgIpc) is 2.34. The van der Waals surface area contributed by atoms with Gasteiger partial charge in [0.25, 0.3) is 0 Å². The molecule has 112 valence electrons. The van der Waals surface area contributed by atoms with Crippen LogP contribution in [-0.2, 0) is 14.8 Å². The van der Waals surface area contributed by atoms with Crippen LogP contribution in [-0.4, -0.2) is 33.2 Å². The lowest BCUT2D eigenvalue weighted by molar-refractivity contribution is -0.132. The number of carbonyl (C=O) groups excluding carboxylic acids is 1. The first-order valence-electron chi connectivity index (χ1n) is 6.78. The fourth-order valence-corrected chi connectivity index (χ4v) is 3.05. The number of hydrogen-bond donors (Lipinski definition) is 3. The normalized spacial score (nSPS) is 28.1. The zero-order valence-corrected chi connectivity index (χ0v) is 12.3. The lowest BCUT2D eigenvalue weighted by Crippen LogP contribution is -2.48. The molecule has 0 radical (unpaired) electrons. The second kappa shape index (κ2) is 6.67. The van der Waals surface area contributed by atoms with Gasteiger partial charge in [0.1, 0.15) is 0 Å². The van der Waals surface area contributed by atoms with Crippen LogP contribution in [0.1, 0.15) is 39.0 Å². The first-order valence-corrected chi connectivity index (χ1v) is 8.49. The summed E-state index contributed by atoms with van der Waals surface area (Å²) in [7, 11) is -3.45. The summed E-state index contributed by atoms with van der Waals surface area (Å²) in [6, 6.07) is 0. The quantitative estimate of drug-likeness (QED) is 0.594. The largest absolute Gasteiger partial charge is 0.356 e. The Bertz CT molecular complexity index is 400. The van der Waals surface area contributed by atoms with E-state index in [1.54, 1.807) is 0 Å². The molecule has 0 atom stereocenters. The van der Waals surface area contributed by atoms with Crippen molar-refractivity contribution < 1.29 is 13.2 Å². The highest BCUT2D eigenvalue weighted by Crippen LogP contribution is 2.38. The zero-order valence-electron chi connectivity index (χ0n) is 11.5. The van der Waals surface area contributed by atoms with Crippen LogP contribution in [0.15, 0.2) is 0 Å². The van der Waals surface area contributed by atoms with Crippen LogP contribution in [0, 0.1) is 11.3 Å². The van der Waals surface area contributed by atoms with Gasteiger partial charge in [-0.2, -0.15) is 0 Å². The van der Waals surface area contributed by atoms with E-state index in [0.29, 0.717) is 25.4 Å². The first-order chi connectivity index (χ1) is 8.79. The molecule has 5 N–H and O–H groups in total. The van der Waals surface area contributed by atoms with Gasteiger partial charge in [0.05, 0.1) is 11.2 Å². The maximum atomic E-state index is 12.2. The number of sulfonamides is 1. The summed E-state index contributed by atoms with van der Waals surface area (Å²) in [5.74, 6) is 0.492. The molecule has 0 saturated heterocycles. The van der Waals surface area contributed by atoms with Crippen molar-refractivity contribution >= 4 is 15.9 Å². The first kappa shape index (κ1) is 16.4. The molecule has 7 heteroatoms. The average molecular weight is 291 g/mol. The molecule has 6 nitrogen and oxygen atoms in total. The number of amides is 1. The molecule has 0 heterocycles. The highest BCUT2D eigenvalue weighted by molar-refractivity contribution is 7.89. The summed E-state index contributed by atoms with van der Waals surface area (Å²) in [4.78, 5) is 12.2. The van der Waals surface area contributed by atoms with Gasteiger partial charge < -0.3 is 11.1 Å². The number of nitrogens with one attached hydrogen (secondary N) is 1. The van der Waals surface area contributed by atoms with E-state index in [4.69, 9.17) is 10.9 Å². The van der Waals surface area contributed by atoms with Crippen LogP contribution in [0.4, 0.5) is 0 Å². The molecule has 0 aromatic carbocycles. The highest BCUT2D eigenvalue weighted by Gasteiger charge is 2.39. The summed E-state index contributed by atoms with van der Waals surface area (Å²) in [6.45, 7) is 2.86. The lowest BCUT2D eigenvalue weighted by atomic mass is 9.70. The highest BCUT2D eigenvalue weighted by atomic mass is 32.2. The molecule has 0 bridgehead atoms. The predicted octanol–water partition coefficient (Wildman–Crippen LogP) is -0.0636. The van der Waals surface area contributed by atoms with Gasteiger partial charge >= 0.3 is 0 Å². The van der Waals surface area contributed by atoms with Gasteiger partial charge in [-0.05, 0) is 38.0 Å². The Morgan fingerprint density at radius 2 is 1.95 bits per heavy atom. The van der Waals surface area contributed by atoms with Crippen molar-refractivity contribution in [2.24, 2.45) is 22.2 Å². The van der Waals surface area contributed by atoms with Crippen molar-refractivity contribution in [1.82, 2.24) is 5.32 Å². The number of nitrogens with two attached hydrogens (primary N) is 2. The van der Waals surface area contributed by atoms with Gasteiger partial charge in [0.2, 0.25) is 15.9 Å². The fraction of sp³-hybridized carbons (Fsp3) is 0.917. The molecule has 0 unspecified atom stereocenters. The van der Waals surface area contributed by atoms with E-state index in [1.807, 2.05) is 0 Å². The molecule has 1 aliphatic rings. The maximum Gasteiger partial charge on any atom is 0.227 e. The summed E-state index contributed by atoms with van der Waals surface area (Å²) < 4.78 is 21.6. The third-order valence-corrected chi connectivity index (χ3v) is 4.85. The molecule has 0 spiro atoms. The van der Waals surface area contributed by atoms with E-state index in [0.717, 1.165) is 25.7 Å². The second-order valence-electron chi connectivity index (χ2n) is 5.64. The van der Waals surface area contributed by atoms with E-state index in [-0.39, 0.29) is 11.7 Å². The lowest BCUT2D eigenvalue weighted by Gasteiger charge is -2.37. The summed E-state index contributed by atoms with van der Waals surface area (Å²) in [5, 5.41) is 7.69. The van der Waals surface area contributed by atoms with Crippen LogP contribution in [0.5, 0.6) is 0 Å². The monoisotopic (exact) mass is 291 g/mol. The Morgan fingerprint density at radius 1 is 1.37 bits per heavy atom. The van der Waals surface area contributed by atoms with Gasteiger partial charge in [-0.25, -0.2) is 13.6 Å². The van der Waals surface area contributed by atoms with Crippen molar-refractivity contribution in [1.29, 1.82) is 0 Å². The second-order valence-corrected chi connectivity index (χ2v) is 7.38. The summed E-state index contributed by atoms with van der Waals surface area (Å²) in [5.41, 5.74) is 5.32. The van der Waals surface area contributed by atoms with E-state index in [9.17, 15) is 13.2 Å². The van der Waals surface area contributed by atoms with Gasteiger partial charge in [0.15, 0.2) is 0 Å². The Morgan fingerprint density at radius 3 is 2.42 bits per heavy atom. The van der Waals surface area contributed by atoms with Gasteiger partial charge in [0, 0.05) is 13.1 Å². The number of primary sulfonamides is 1. The van der Waals surface area contributed by atoms with Crippen molar-refractivity contribution in [2.75, 3.05) is 18.8 Å². The molecular formula is C12H25N3O3S. The van der Waals surface area contributed by atoms with Gasteiger partial charge in [-0.15, -0.1) is 0 Å². The molecule has 19 heavy (non-hydrogen) atoms. The summed E-state index contributed by atoms with van der Waals surface area (Å²) in [6.07, 6.45) is 3.99. The summed E-state index contributed by atoms with van der Waals surface area (Å²) >= 11 is 0. The smallest absolute Gasteiger partial charge is 0.227 e. The van der Waals surface area contributed by atoms with Crippen molar-refractivity contribution in [3.05, 3.63) is 0 Å². The van der Waals surface area contributed by atoms with Crippen molar-refractivity contribution in [3.63, 3.8) is 0 Å². The SMILES string of the molecule is CC1CCC(CN)(C(=O)NCCCS(N)(=O)=O)CC1. The third kappa shape index (κ3) is 5.08. The van der Waals surface area contributed by atoms with Gasteiger partial charge in [-0.3, -0.25) is 4.79 Å². The van der Waals surface area contributed by atoms with Crippen LogP contribution in [0.2, 0.25) is 0 Å². The molecule has 1 saturated carbocycles. The molecule has 1 aliphatic carbocycles. The van der Waals surface area contributed by atoms with E-state index < -0.39 is 15.4 Å². The Kier molecular flexibility index (Phi) is 5.76. The Labute approximate surface area is 115 Å². The zero-order chi connectivity index (χ0) is 14.5. The fourth-order valence-electron chi connectivity index (χ4n) is 2.50. The molecular weight excluding hydrogens is 266 g/mol. The number of carbonyl (C=O) groups is 1. The standard InChI is InChI=1S/C12H25N3O3S/c1-10-3-5-12(9-13,6-4-10)11(16)15-7-2-8-19(14,17)18/h10H,2-9,13H2,1H3,(H,15,16)(H2,14,17,18). The molecule has 1 rings (SSSR count). The van der Waals surface area contributed by atoms with E-state index >= 15 is 0 Å². The Balaban J connectivity index is 2.42. The minimum absolute atomic E-state index is 0.0451. The molecule has 0 aromatic heterocycles. The van der Waals surface area contributed by atoms with E-state index in [2.05, 4.69) is 12.2 Å². The number of hydrogen-bond acceptors (Lipinski definition) is 4. The molecule has 1 fully saturated rings. The topological polar surface area (TPSA) is 115 Å². The molecule has 0 aliphatic heterocycles. The predicted molar refractivity (Wildman–Crippen MR) is 74.7 cm³/mol. The molecule has 0 aromatic rings. The van der Waals surface area contributed by atoms with E-state index in [1.165, 1.54) is 0 Å². The minimum atomic E-state index is -3.45. The minimum Gasteiger partial charge on any atom is -0.356 e. The van der Waals surface area contributed by atoms with Gasteiger partial charge in [-0.1, -0.05) is 6.92 Å². The Hall–Kier alpha value is -0.660. The van der Waals surface area contributed by atoms with Crippen LogP contribution < -0.4 is 16.2 Å². The van der Waals surface area contributed by atoms with Crippen LogP contribution >= 0.6 is 0 Å². The third-order valence-electron chi connectivity index (χ3n) is 3.99.